The Morgan fingerprint density at radius 1 is 1.17 bits per heavy atom. The summed E-state index contributed by atoms with van der Waals surface area (Å²) in [6.45, 7) is 0.997. The molecule has 9 heteroatoms. The maximum Gasteiger partial charge on any atom is 0.241 e. The van der Waals surface area contributed by atoms with Gasteiger partial charge in [-0.25, -0.2) is 8.78 Å². The zero-order valence-corrected chi connectivity index (χ0v) is 17.0. The van der Waals surface area contributed by atoms with Crippen molar-refractivity contribution in [3.8, 4) is 0 Å². The number of hydrogen-bond acceptors (Lipinski definition) is 6. The van der Waals surface area contributed by atoms with Gasteiger partial charge in [-0.2, -0.15) is 5.48 Å². The maximum atomic E-state index is 13.0. The maximum absolute atomic E-state index is 13.0. The Hall–Kier alpha value is -0.870. The molecule has 1 amide bonds. The van der Waals surface area contributed by atoms with E-state index >= 15 is 0 Å². The van der Waals surface area contributed by atoms with Crippen molar-refractivity contribution in [1.82, 2.24) is 21.4 Å². The average Bonchev–Trinajstić information content (AvgIpc) is 3.35. The van der Waals surface area contributed by atoms with Gasteiger partial charge in [-0.05, 0) is 69.2 Å². The lowest BCUT2D eigenvalue weighted by Crippen LogP contribution is -2.53. The van der Waals surface area contributed by atoms with Gasteiger partial charge in [0.2, 0.25) is 12.3 Å². The van der Waals surface area contributed by atoms with E-state index in [2.05, 4.69) is 21.4 Å². The molecule has 4 fully saturated rings. The summed E-state index contributed by atoms with van der Waals surface area (Å²) in [5, 5.41) is 9.76. The van der Waals surface area contributed by atoms with Crippen LogP contribution in [0.3, 0.4) is 0 Å². The number of amides is 1. The first kappa shape index (κ1) is 21.4. The molecule has 2 aliphatic heterocycles. The number of carbonyl (C=O) groups excluding carboxylic acids is 1. The molecule has 4 N–H and O–H groups in total. The molecule has 7 nitrogen and oxygen atoms in total. The summed E-state index contributed by atoms with van der Waals surface area (Å²) in [5.74, 6) is 0.811. The van der Waals surface area contributed by atoms with Crippen LogP contribution < -0.4 is 21.4 Å². The lowest BCUT2D eigenvalue weighted by Gasteiger charge is -2.37. The van der Waals surface area contributed by atoms with E-state index in [1.165, 1.54) is 0 Å². The van der Waals surface area contributed by atoms with Crippen molar-refractivity contribution in [2.24, 2.45) is 23.7 Å². The number of hydroxylamine groups is 1. The van der Waals surface area contributed by atoms with Crippen molar-refractivity contribution in [3.63, 3.8) is 0 Å². The SMILES string of the molecule is COCC1NC(C2CCC3C(CC[C@H]3NC(=O)C3CC(C(F)F)CCN3)C2)NO1. The van der Waals surface area contributed by atoms with Crippen LogP contribution in [-0.2, 0) is 14.4 Å². The van der Waals surface area contributed by atoms with Gasteiger partial charge in [0.05, 0.1) is 18.8 Å². The summed E-state index contributed by atoms with van der Waals surface area (Å²) in [7, 11) is 1.66. The summed E-state index contributed by atoms with van der Waals surface area (Å²) in [6, 6.07) is -0.316. The zero-order chi connectivity index (χ0) is 20.4. The first-order valence-corrected chi connectivity index (χ1v) is 11.0. The first-order chi connectivity index (χ1) is 14.0. The minimum absolute atomic E-state index is 0.0990. The molecular formula is C20H34F2N4O3. The van der Waals surface area contributed by atoms with E-state index in [1.807, 2.05) is 0 Å². The van der Waals surface area contributed by atoms with Gasteiger partial charge < -0.3 is 15.4 Å². The van der Waals surface area contributed by atoms with Crippen LogP contribution in [0.25, 0.3) is 0 Å². The second kappa shape index (κ2) is 9.51. The molecule has 0 bridgehead atoms. The Labute approximate surface area is 171 Å². The summed E-state index contributed by atoms with van der Waals surface area (Å²) in [4.78, 5) is 18.2. The number of methoxy groups -OCH3 is 1. The fourth-order valence-corrected chi connectivity index (χ4v) is 5.82. The molecule has 166 valence electrons. The molecule has 4 aliphatic rings. The minimum Gasteiger partial charge on any atom is -0.380 e. The van der Waals surface area contributed by atoms with E-state index in [9.17, 15) is 13.6 Å². The Balaban J connectivity index is 1.26. The van der Waals surface area contributed by atoms with E-state index in [1.54, 1.807) is 7.11 Å². The van der Waals surface area contributed by atoms with Gasteiger partial charge in [0.15, 0.2) is 6.23 Å². The van der Waals surface area contributed by atoms with Crippen molar-refractivity contribution >= 4 is 5.91 Å². The summed E-state index contributed by atoms with van der Waals surface area (Å²) in [5.41, 5.74) is 3.11. The number of ether oxygens (including phenoxy) is 1. The highest BCUT2D eigenvalue weighted by Crippen LogP contribution is 2.45. The number of alkyl halides is 2. The highest BCUT2D eigenvalue weighted by Gasteiger charge is 2.44. The van der Waals surface area contributed by atoms with E-state index in [4.69, 9.17) is 9.57 Å². The van der Waals surface area contributed by atoms with Gasteiger partial charge in [0, 0.05) is 19.1 Å². The van der Waals surface area contributed by atoms with E-state index in [0.717, 1.165) is 32.1 Å². The second-order valence-corrected chi connectivity index (χ2v) is 9.14. The molecule has 0 aromatic rings. The Morgan fingerprint density at radius 2 is 2.00 bits per heavy atom. The molecule has 0 radical (unpaired) electrons. The standard InChI is InChI=1S/C20H34F2N4O3/c1-28-10-17-25-19(26-29-17)13-2-4-14-11(8-13)3-5-15(14)24-20(27)16-9-12(18(21)22)6-7-23-16/h11-19,23,25-26H,2-10H2,1H3,(H,24,27)/t11?,12?,13?,14?,15-,16?,17?,19?/m1/s1. The van der Waals surface area contributed by atoms with Crippen LogP contribution in [0.1, 0.15) is 44.9 Å². The van der Waals surface area contributed by atoms with E-state index in [-0.39, 0.29) is 30.8 Å². The topological polar surface area (TPSA) is 83.7 Å². The fraction of sp³-hybridized carbons (Fsp3) is 0.950. The van der Waals surface area contributed by atoms with Crippen molar-refractivity contribution in [2.75, 3.05) is 20.3 Å². The highest BCUT2D eigenvalue weighted by molar-refractivity contribution is 5.82. The lowest BCUT2D eigenvalue weighted by molar-refractivity contribution is -0.125. The van der Waals surface area contributed by atoms with Gasteiger partial charge in [-0.3, -0.25) is 14.9 Å². The van der Waals surface area contributed by atoms with E-state index < -0.39 is 18.4 Å². The summed E-state index contributed by atoms with van der Waals surface area (Å²) in [6.07, 6.45) is 3.71. The molecule has 29 heavy (non-hydrogen) atoms. The van der Waals surface area contributed by atoms with Gasteiger partial charge >= 0.3 is 0 Å². The number of halogens is 2. The predicted molar refractivity (Wildman–Crippen MR) is 103 cm³/mol. The smallest absolute Gasteiger partial charge is 0.241 e. The Bertz CT molecular complexity index is 570. The third-order valence-electron chi connectivity index (χ3n) is 7.38. The molecule has 8 atom stereocenters. The van der Waals surface area contributed by atoms with Gasteiger partial charge in [0.25, 0.3) is 0 Å². The molecule has 0 spiro atoms. The number of rotatable bonds is 6. The number of nitrogens with one attached hydrogen (secondary N) is 4. The third-order valence-corrected chi connectivity index (χ3v) is 7.38. The zero-order valence-electron chi connectivity index (χ0n) is 17.0. The van der Waals surface area contributed by atoms with Gasteiger partial charge in [-0.15, -0.1) is 0 Å². The first-order valence-electron chi connectivity index (χ1n) is 11.0. The Kier molecular flexibility index (Phi) is 7.01. The number of hydrogen-bond donors (Lipinski definition) is 4. The third kappa shape index (κ3) is 4.90. The van der Waals surface area contributed by atoms with Crippen molar-refractivity contribution in [1.29, 1.82) is 0 Å². The van der Waals surface area contributed by atoms with Crippen LogP contribution >= 0.6 is 0 Å². The van der Waals surface area contributed by atoms with Crippen LogP contribution in [0.15, 0.2) is 0 Å². The average molecular weight is 417 g/mol. The van der Waals surface area contributed by atoms with Gasteiger partial charge in [0.1, 0.15) is 0 Å². The van der Waals surface area contributed by atoms with Crippen LogP contribution in [0.2, 0.25) is 0 Å². The molecular weight excluding hydrogens is 382 g/mol. The minimum atomic E-state index is -2.34. The molecule has 7 unspecified atom stereocenters. The molecule has 2 saturated carbocycles. The summed E-state index contributed by atoms with van der Waals surface area (Å²) < 4.78 is 31.2. The molecule has 4 rings (SSSR count). The predicted octanol–water partition coefficient (Wildman–Crippen LogP) is 1.35. The van der Waals surface area contributed by atoms with E-state index in [0.29, 0.717) is 37.3 Å². The molecule has 2 heterocycles. The monoisotopic (exact) mass is 416 g/mol. The van der Waals surface area contributed by atoms with Crippen LogP contribution in [0.4, 0.5) is 8.78 Å². The Morgan fingerprint density at radius 3 is 2.79 bits per heavy atom. The van der Waals surface area contributed by atoms with Crippen LogP contribution in [0.5, 0.6) is 0 Å². The van der Waals surface area contributed by atoms with Crippen molar-refractivity contribution in [2.45, 2.75) is 75.8 Å². The van der Waals surface area contributed by atoms with Crippen LogP contribution in [0, 0.1) is 23.7 Å². The molecule has 2 saturated heterocycles. The fourth-order valence-electron chi connectivity index (χ4n) is 5.82. The largest absolute Gasteiger partial charge is 0.380 e. The second-order valence-electron chi connectivity index (χ2n) is 9.14. The molecule has 2 aliphatic carbocycles. The lowest BCUT2D eigenvalue weighted by atomic mass is 9.73. The normalized spacial score (nSPS) is 42.8. The van der Waals surface area contributed by atoms with Crippen molar-refractivity contribution < 1.29 is 23.1 Å². The molecule has 0 aromatic heterocycles. The number of carbonyl (C=O) groups is 1. The number of fused-ring (bicyclic) bond motifs is 1. The quantitative estimate of drug-likeness (QED) is 0.523. The highest BCUT2D eigenvalue weighted by atomic mass is 19.3. The van der Waals surface area contributed by atoms with Gasteiger partial charge in [-0.1, -0.05) is 0 Å². The molecule has 0 aromatic carbocycles. The van der Waals surface area contributed by atoms with Crippen LogP contribution in [-0.4, -0.2) is 57.1 Å². The number of piperidine rings is 1. The van der Waals surface area contributed by atoms with Crippen molar-refractivity contribution in [3.05, 3.63) is 0 Å². The summed E-state index contributed by atoms with van der Waals surface area (Å²) >= 11 is 0.